The van der Waals surface area contributed by atoms with Crippen LogP contribution in [0.5, 0.6) is 5.75 Å². The van der Waals surface area contributed by atoms with Gasteiger partial charge in [0.05, 0.1) is 5.69 Å². The lowest BCUT2D eigenvalue weighted by Gasteiger charge is -2.21. The second-order valence-corrected chi connectivity index (χ2v) is 9.66. The minimum absolute atomic E-state index is 0.00480. The number of anilines is 2. The quantitative estimate of drug-likeness (QED) is 0.590. The standard InChI is InChI=1S/C24H29N3O4S/c1-24(2,3)16-7-5-15(6-8-16)22(29)27-18(11-12-32-4)23(30)25-17-9-10-20-19(13-17)26-21(28)14-31-20/h5-10,13,18H,11-12,14H2,1-4H3,(H,25,30)(H,26,28)(H,27,29)/t18-/m1/s1. The topological polar surface area (TPSA) is 96.5 Å². The van der Waals surface area contributed by atoms with Crippen LogP contribution in [-0.2, 0) is 15.0 Å². The number of nitrogens with one attached hydrogen (secondary N) is 3. The van der Waals surface area contributed by atoms with Gasteiger partial charge in [-0.25, -0.2) is 0 Å². The Kier molecular flexibility index (Phi) is 7.45. The number of benzene rings is 2. The molecule has 1 heterocycles. The summed E-state index contributed by atoms with van der Waals surface area (Å²) in [5.41, 5.74) is 2.65. The first kappa shape index (κ1) is 23.7. The molecule has 0 aromatic heterocycles. The van der Waals surface area contributed by atoms with Crippen molar-refractivity contribution in [3.8, 4) is 5.75 Å². The molecule has 0 aliphatic carbocycles. The molecule has 170 valence electrons. The van der Waals surface area contributed by atoms with E-state index in [1.807, 2.05) is 18.4 Å². The lowest BCUT2D eigenvalue weighted by molar-refractivity contribution is -0.119. The summed E-state index contributed by atoms with van der Waals surface area (Å²) in [6.45, 7) is 6.31. The SMILES string of the molecule is CSCC[C@@H](NC(=O)c1ccc(C(C)(C)C)cc1)C(=O)Nc1ccc2c(c1)NC(=O)CO2. The van der Waals surface area contributed by atoms with Crippen molar-refractivity contribution >= 4 is 40.9 Å². The number of fused-ring (bicyclic) bond motifs is 1. The second kappa shape index (κ2) is 10.1. The minimum atomic E-state index is -0.695. The van der Waals surface area contributed by atoms with Crippen LogP contribution in [0, 0.1) is 0 Å². The zero-order valence-electron chi connectivity index (χ0n) is 18.8. The van der Waals surface area contributed by atoms with Gasteiger partial charge >= 0.3 is 0 Å². The van der Waals surface area contributed by atoms with Crippen molar-refractivity contribution in [1.29, 1.82) is 0 Å². The van der Waals surface area contributed by atoms with E-state index < -0.39 is 6.04 Å². The normalized spacial score (nSPS) is 13.9. The Hall–Kier alpha value is -3.00. The van der Waals surface area contributed by atoms with Gasteiger partial charge in [0.25, 0.3) is 11.8 Å². The van der Waals surface area contributed by atoms with Gasteiger partial charge < -0.3 is 20.7 Å². The molecule has 0 saturated carbocycles. The predicted octanol–water partition coefficient (Wildman–Crippen LogP) is 3.81. The molecule has 3 N–H and O–H groups in total. The highest BCUT2D eigenvalue weighted by Gasteiger charge is 2.23. The van der Waals surface area contributed by atoms with E-state index in [1.54, 1.807) is 42.1 Å². The molecule has 8 heteroatoms. The lowest BCUT2D eigenvalue weighted by Crippen LogP contribution is -2.44. The lowest BCUT2D eigenvalue weighted by atomic mass is 9.86. The Labute approximate surface area is 192 Å². The van der Waals surface area contributed by atoms with Crippen LogP contribution in [0.2, 0.25) is 0 Å². The number of amides is 3. The molecule has 3 amide bonds. The summed E-state index contributed by atoms with van der Waals surface area (Å²) in [5.74, 6) is 0.409. The Balaban J connectivity index is 1.70. The molecule has 0 spiro atoms. The maximum absolute atomic E-state index is 12.9. The summed E-state index contributed by atoms with van der Waals surface area (Å²) in [4.78, 5) is 37.3. The Bertz CT molecular complexity index is 999. The fourth-order valence-corrected chi connectivity index (χ4v) is 3.73. The molecule has 0 radical (unpaired) electrons. The number of carbonyl (C=O) groups is 3. The molecule has 1 atom stereocenters. The third kappa shape index (κ3) is 6.03. The van der Waals surface area contributed by atoms with E-state index in [1.165, 1.54) is 0 Å². The van der Waals surface area contributed by atoms with E-state index in [-0.39, 0.29) is 29.7 Å². The molecule has 7 nitrogen and oxygen atoms in total. The number of rotatable bonds is 7. The first-order valence-electron chi connectivity index (χ1n) is 10.5. The Morgan fingerprint density at radius 1 is 1.16 bits per heavy atom. The third-order valence-corrected chi connectivity index (χ3v) is 5.77. The highest BCUT2D eigenvalue weighted by Crippen LogP contribution is 2.30. The van der Waals surface area contributed by atoms with Crippen LogP contribution in [0.4, 0.5) is 11.4 Å². The highest BCUT2D eigenvalue weighted by atomic mass is 32.2. The Morgan fingerprint density at radius 2 is 1.88 bits per heavy atom. The Morgan fingerprint density at radius 3 is 2.53 bits per heavy atom. The number of carbonyl (C=O) groups excluding carboxylic acids is 3. The van der Waals surface area contributed by atoms with Gasteiger partial charge in [0.15, 0.2) is 6.61 Å². The molecule has 2 aromatic rings. The van der Waals surface area contributed by atoms with Crippen LogP contribution < -0.4 is 20.7 Å². The first-order chi connectivity index (χ1) is 15.2. The molecule has 2 aromatic carbocycles. The van der Waals surface area contributed by atoms with Gasteiger partial charge in [-0.1, -0.05) is 32.9 Å². The molecule has 0 unspecified atom stereocenters. The zero-order chi connectivity index (χ0) is 23.3. The smallest absolute Gasteiger partial charge is 0.262 e. The van der Waals surface area contributed by atoms with Crippen molar-refractivity contribution < 1.29 is 19.1 Å². The number of thioether (sulfide) groups is 1. The summed E-state index contributed by atoms with van der Waals surface area (Å²) in [7, 11) is 0. The molecule has 32 heavy (non-hydrogen) atoms. The predicted molar refractivity (Wildman–Crippen MR) is 129 cm³/mol. The van der Waals surface area contributed by atoms with Crippen molar-refractivity contribution in [3.05, 3.63) is 53.6 Å². The van der Waals surface area contributed by atoms with Gasteiger partial charge in [-0.3, -0.25) is 14.4 Å². The largest absolute Gasteiger partial charge is 0.482 e. The van der Waals surface area contributed by atoms with Gasteiger partial charge in [-0.05, 0) is 59.7 Å². The summed E-state index contributed by atoms with van der Waals surface area (Å²) in [6.07, 6.45) is 2.44. The maximum atomic E-state index is 12.9. The fraction of sp³-hybridized carbons (Fsp3) is 0.375. The number of hydrogen-bond acceptors (Lipinski definition) is 5. The number of hydrogen-bond donors (Lipinski definition) is 3. The highest BCUT2D eigenvalue weighted by molar-refractivity contribution is 7.98. The minimum Gasteiger partial charge on any atom is -0.482 e. The molecule has 1 aliphatic rings. The van der Waals surface area contributed by atoms with E-state index >= 15 is 0 Å². The molecule has 1 aliphatic heterocycles. The van der Waals surface area contributed by atoms with Gasteiger partial charge in [-0.2, -0.15) is 11.8 Å². The van der Waals surface area contributed by atoms with Crippen LogP contribution in [0.1, 0.15) is 43.1 Å². The van der Waals surface area contributed by atoms with Gasteiger partial charge in [-0.15, -0.1) is 0 Å². The molecule has 3 rings (SSSR count). The van der Waals surface area contributed by atoms with Crippen molar-refractivity contribution in [2.75, 3.05) is 29.2 Å². The van der Waals surface area contributed by atoms with Crippen molar-refractivity contribution in [3.63, 3.8) is 0 Å². The van der Waals surface area contributed by atoms with Gasteiger partial charge in [0.1, 0.15) is 11.8 Å². The maximum Gasteiger partial charge on any atom is 0.262 e. The second-order valence-electron chi connectivity index (χ2n) is 8.67. The average Bonchev–Trinajstić information content (AvgIpc) is 2.75. The summed E-state index contributed by atoms with van der Waals surface area (Å²) in [6, 6.07) is 11.8. The molecule has 0 fully saturated rings. The van der Waals surface area contributed by atoms with Crippen LogP contribution in [0.15, 0.2) is 42.5 Å². The van der Waals surface area contributed by atoms with Crippen LogP contribution in [0.3, 0.4) is 0 Å². The fourth-order valence-electron chi connectivity index (χ4n) is 3.26. The van der Waals surface area contributed by atoms with Crippen LogP contribution in [0.25, 0.3) is 0 Å². The average molecular weight is 456 g/mol. The van der Waals surface area contributed by atoms with E-state index in [4.69, 9.17) is 4.74 Å². The summed E-state index contributed by atoms with van der Waals surface area (Å²) in [5, 5.41) is 8.41. The van der Waals surface area contributed by atoms with Crippen molar-refractivity contribution in [1.82, 2.24) is 5.32 Å². The van der Waals surface area contributed by atoms with Crippen LogP contribution >= 0.6 is 11.8 Å². The monoisotopic (exact) mass is 455 g/mol. The van der Waals surface area contributed by atoms with Gasteiger partial charge in [0, 0.05) is 11.3 Å². The van der Waals surface area contributed by atoms with Crippen molar-refractivity contribution in [2.24, 2.45) is 0 Å². The summed E-state index contributed by atoms with van der Waals surface area (Å²) >= 11 is 1.60. The third-order valence-electron chi connectivity index (χ3n) is 5.13. The molecular weight excluding hydrogens is 426 g/mol. The van der Waals surface area contributed by atoms with E-state index in [0.717, 1.165) is 11.3 Å². The van der Waals surface area contributed by atoms with Gasteiger partial charge in [0.2, 0.25) is 5.91 Å². The summed E-state index contributed by atoms with van der Waals surface area (Å²) < 4.78 is 5.34. The number of ether oxygens (including phenoxy) is 1. The van der Waals surface area contributed by atoms with E-state index in [2.05, 4.69) is 36.7 Å². The van der Waals surface area contributed by atoms with Crippen LogP contribution in [-0.4, -0.2) is 42.4 Å². The zero-order valence-corrected chi connectivity index (χ0v) is 19.6. The molecule has 0 saturated heterocycles. The van der Waals surface area contributed by atoms with Crippen molar-refractivity contribution in [2.45, 2.75) is 38.6 Å². The molecular formula is C24H29N3O4S. The molecule has 0 bridgehead atoms. The first-order valence-corrected chi connectivity index (χ1v) is 11.8. The van der Waals surface area contributed by atoms with E-state index in [9.17, 15) is 14.4 Å². The van der Waals surface area contributed by atoms with E-state index in [0.29, 0.717) is 29.1 Å².